The highest BCUT2D eigenvalue weighted by atomic mass is 32.2. The van der Waals surface area contributed by atoms with Crippen molar-refractivity contribution in [2.75, 3.05) is 19.6 Å². The van der Waals surface area contributed by atoms with E-state index in [-0.39, 0.29) is 4.91 Å². The average molecular weight is 351 g/mol. The van der Waals surface area contributed by atoms with Gasteiger partial charge in [0.1, 0.15) is 16.6 Å². The lowest BCUT2D eigenvalue weighted by Gasteiger charge is -2.20. The van der Waals surface area contributed by atoms with Crippen molar-refractivity contribution in [1.82, 2.24) is 9.62 Å². The van der Waals surface area contributed by atoms with Crippen LogP contribution in [0.4, 0.5) is 4.39 Å². The van der Waals surface area contributed by atoms with E-state index in [1.165, 1.54) is 24.3 Å². The van der Waals surface area contributed by atoms with Gasteiger partial charge in [-0.15, -0.1) is 0 Å². The maximum Gasteiger partial charge on any atom is 0.264 e. The third-order valence-electron chi connectivity index (χ3n) is 4.67. The molecule has 7 heteroatoms. The number of likely N-dealkylation sites (N-methyl/N-ethyl adjacent to an activating group) is 1. The van der Waals surface area contributed by atoms with Gasteiger partial charge in [0.05, 0.1) is 6.54 Å². The van der Waals surface area contributed by atoms with Crippen molar-refractivity contribution in [3.8, 4) is 0 Å². The topological polar surface area (TPSA) is 61.8 Å². The van der Waals surface area contributed by atoms with E-state index in [4.69, 9.17) is 0 Å². The number of hydrogen-bond acceptors (Lipinski definition) is 4. The van der Waals surface area contributed by atoms with Crippen LogP contribution in [-0.4, -0.2) is 44.8 Å². The van der Waals surface area contributed by atoms with Gasteiger partial charge in [0.2, 0.25) is 0 Å². The molecule has 1 unspecified atom stereocenters. The first kappa shape index (κ1) is 17.1. The number of likely N-dealkylation sites (tertiary alicyclic amines) is 1. The van der Waals surface area contributed by atoms with Crippen molar-refractivity contribution < 1.29 is 12.8 Å². The van der Waals surface area contributed by atoms with E-state index in [1.54, 1.807) is 6.92 Å². The molecule has 24 heavy (non-hydrogen) atoms. The van der Waals surface area contributed by atoms with Gasteiger partial charge in [-0.1, -0.05) is 19.1 Å². The second-order valence-corrected chi connectivity index (χ2v) is 7.80. The molecule has 1 aromatic carbocycles. The number of amidine groups is 1. The molecule has 130 valence electrons. The minimum Gasteiger partial charge on any atom is -0.299 e. The van der Waals surface area contributed by atoms with E-state index in [2.05, 4.69) is 21.5 Å². The number of nitrogens with zero attached hydrogens (tertiary/aromatic N) is 2. The first-order chi connectivity index (χ1) is 11.4. The van der Waals surface area contributed by atoms with Crippen LogP contribution in [0.3, 0.4) is 0 Å². The van der Waals surface area contributed by atoms with E-state index < -0.39 is 15.8 Å². The molecule has 1 fully saturated rings. The Morgan fingerprint density at radius 1 is 1.33 bits per heavy atom. The molecule has 1 aromatic rings. The Kier molecular flexibility index (Phi) is 4.73. The second-order valence-electron chi connectivity index (χ2n) is 6.18. The molecule has 2 aliphatic heterocycles. The van der Waals surface area contributed by atoms with Crippen LogP contribution >= 0.6 is 0 Å². The lowest BCUT2D eigenvalue weighted by atomic mass is 10.1. The molecule has 5 nitrogen and oxygen atoms in total. The minimum atomic E-state index is -3.65. The number of nitrogens with one attached hydrogen (secondary N) is 1. The van der Waals surface area contributed by atoms with Crippen LogP contribution in [0.15, 0.2) is 34.8 Å². The smallest absolute Gasteiger partial charge is 0.264 e. The summed E-state index contributed by atoms with van der Waals surface area (Å²) < 4.78 is 40.5. The van der Waals surface area contributed by atoms with Gasteiger partial charge in [-0.25, -0.2) is 12.8 Å². The Labute approximate surface area is 142 Å². The van der Waals surface area contributed by atoms with Crippen LogP contribution in [0.5, 0.6) is 0 Å². The summed E-state index contributed by atoms with van der Waals surface area (Å²) in [6, 6.07) is 5.85. The minimum absolute atomic E-state index is 0.181. The number of halogens is 1. The monoisotopic (exact) mass is 351 g/mol. The lowest BCUT2D eigenvalue weighted by molar-refractivity contribution is 0.273. The van der Waals surface area contributed by atoms with Crippen molar-refractivity contribution in [2.24, 2.45) is 4.99 Å². The van der Waals surface area contributed by atoms with E-state index in [0.29, 0.717) is 29.6 Å². The van der Waals surface area contributed by atoms with Crippen molar-refractivity contribution in [3.63, 3.8) is 0 Å². The van der Waals surface area contributed by atoms with Gasteiger partial charge in [0, 0.05) is 11.6 Å². The summed E-state index contributed by atoms with van der Waals surface area (Å²) in [5.41, 5.74) is 1.06. The van der Waals surface area contributed by atoms with Gasteiger partial charge in [0.15, 0.2) is 0 Å². The molecular formula is C17H22FN3O2S. The van der Waals surface area contributed by atoms with Crippen LogP contribution in [0.2, 0.25) is 0 Å². The van der Waals surface area contributed by atoms with Gasteiger partial charge in [-0.2, -0.15) is 0 Å². The maximum absolute atomic E-state index is 13.1. The predicted molar refractivity (Wildman–Crippen MR) is 93.6 cm³/mol. The summed E-state index contributed by atoms with van der Waals surface area (Å²) in [6.45, 7) is 6.51. The molecule has 0 radical (unpaired) electrons. The van der Waals surface area contributed by atoms with Gasteiger partial charge < -0.3 is 0 Å². The molecule has 2 aliphatic rings. The number of benzene rings is 1. The fourth-order valence-electron chi connectivity index (χ4n) is 3.40. The van der Waals surface area contributed by atoms with Gasteiger partial charge >= 0.3 is 0 Å². The van der Waals surface area contributed by atoms with Crippen LogP contribution < -0.4 is 4.72 Å². The zero-order valence-corrected chi connectivity index (χ0v) is 14.7. The molecule has 3 rings (SSSR count). The third kappa shape index (κ3) is 3.23. The summed E-state index contributed by atoms with van der Waals surface area (Å²) in [6.07, 6.45) is 2.25. The van der Waals surface area contributed by atoms with Crippen molar-refractivity contribution in [3.05, 3.63) is 41.2 Å². The van der Waals surface area contributed by atoms with E-state index in [1.807, 2.05) is 0 Å². The molecule has 0 bridgehead atoms. The Hall–Kier alpha value is -1.73. The number of aliphatic imine (C=N–C) groups is 1. The largest absolute Gasteiger partial charge is 0.299 e. The fraction of sp³-hybridized carbons (Fsp3) is 0.471. The summed E-state index contributed by atoms with van der Waals surface area (Å²) in [7, 11) is -3.65. The molecular weight excluding hydrogens is 329 g/mol. The summed E-state index contributed by atoms with van der Waals surface area (Å²) >= 11 is 0. The maximum atomic E-state index is 13.1. The lowest BCUT2D eigenvalue weighted by Crippen LogP contribution is -2.32. The Bertz CT molecular complexity index is 785. The van der Waals surface area contributed by atoms with E-state index in [0.717, 1.165) is 25.9 Å². The highest BCUT2D eigenvalue weighted by molar-refractivity contribution is 8.00. The Morgan fingerprint density at radius 2 is 2.04 bits per heavy atom. The predicted octanol–water partition coefficient (Wildman–Crippen LogP) is 2.37. The van der Waals surface area contributed by atoms with Crippen LogP contribution in [0.25, 0.3) is 4.91 Å². The van der Waals surface area contributed by atoms with E-state index in [9.17, 15) is 12.8 Å². The highest BCUT2D eigenvalue weighted by Gasteiger charge is 2.33. The molecule has 1 saturated heterocycles. The van der Waals surface area contributed by atoms with Gasteiger partial charge in [-0.05, 0) is 50.6 Å². The van der Waals surface area contributed by atoms with Crippen molar-refractivity contribution >= 4 is 20.8 Å². The number of rotatable bonds is 4. The Morgan fingerprint density at radius 3 is 2.71 bits per heavy atom. The fourth-order valence-corrected chi connectivity index (χ4v) is 4.92. The molecule has 0 aliphatic carbocycles. The van der Waals surface area contributed by atoms with Gasteiger partial charge in [-0.3, -0.25) is 14.6 Å². The summed E-state index contributed by atoms with van der Waals surface area (Å²) in [5, 5.41) is 0. The molecule has 1 atom stereocenters. The molecule has 0 saturated carbocycles. The average Bonchev–Trinajstić information content (AvgIpc) is 3.08. The van der Waals surface area contributed by atoms with Gasteiger partial charge in [0.25, 0.3) is 10.0 Å². The van der Waals surface area contributed by atoms with E-state index >= 15 is 0 Å². The molecule has 2 heterocycles. The van der Waals surface area contributed by atoms with Crippen LogP contribution in [-0.2, 0) is 10.0 Å². The second kappa shape index (κ2) is 6.64. The van der Waals surface area contributed by atoms with Crippen molar-refractivity contribution in [1.29, 1.82) is 0 Å². The molecule has 0 spiro atoms. The van der Waals surface area contributed by atoms with Crippen molar-refractivity contribution in [2.45, 2.75) is 32.7 Å². The molecule has 1 N–H and O–H groups in total. The highest BCUT2D eigenvalue weighted by Crippen LogP contribution is 2.30. The number of hydrogen-bond donors (Lipinski definition) is 1. The van der Waals surface area contributed by atoms with Crippen LogP contribution in [0.1, 0.15) is 32.3 Å². The third-order valence-corrected chi connectivity index (χ3v) is 6.21. The van der Waals surface area contributed by atoms with Crippen LogP contribution in [0, 0.1) is 5.82 Å². The first-order valence-corrected chi connectivity index (χ1v) is 9.69. The number of sulfonamides is 1. The molecule has 0 aromatic heterocycles. The standard InChI is InChI=1S/C17H22FN3O2S/c1-3-21-10-4-5-15(21)11-19-17-12(2)16(24(22,23)20-17)13-6-8-14(18)9-7-13/h6-9,15H,3-5,10-11H2,1-2H3,(H,19,20). The first-order valence-electron chi connectivity index (χ1n) is 8.21. The SMILES string of the molecule is CCN1CCCC1CN=C1NS(=O)(=O)C(c2ccc(F)cc2)=C1C. The Balaban J connectivity index is 1.88. The molecule has 0 amide bonds. The summed E-state index contributed by atoms with van der Waals surface area (Å²) in [4.78, 5) is 7.08. The summed E-state index contributed by atoms with van der Waals surface area (Å²) in [5.74, 6) is 0.00687. The zero-order chi connectivity index (χ0) is 17.3. The normalized spacial score (nSPS) is 25.5. The quantitative estimate of drug-likeness (QED) is 0.906. The zero-order valence-electron chi connectivity index (χ0n) is 13.9.